The number of halogens is 1. The van der Waals surface area contributed by atoms with Gasteiger partial charge in [0.2, 0.25) is 0 Å². The maximum absolute atomic E-state index is 4.43. The molecule has 2 rings (SSSR count). The third kappa shape index (κ3) is 2.44. The fraction of sp³-hybridized carbons (Fsp3) is 0.300. The monoisotopic (exact) mass is 298 g/mol. The number of hydrogen-bond donors (Lipinski definition) is 1. The smallest absolute Gasteiger partial charge is 0.187 e. The largest absolute Gasteiger partial charge is 0.285 e. The zero-order valence-electron chi connectivity index (χ0n) is 8.77. The summed E-state index contributed by atoms with van der Waals surface area (Å²) in [6, 6.07) is 1.88. The number of nitrogens with one attached hydrogen (secondary N) is 1. The lowest BCUT2D eigenvalue weighted by atomic mass is 10.1. The predicted octanol–water partition coefficient (Wildman–Crippen LogP) is 2.53. The number of thioether (sulfide) groups is 1. The van der Waals surface area contributed by atoms with Crippen molar-refractivity contribution in [2.75, 3.05) is 11.6 Å². The van der Waals surface area contributed by atoms with E-state index in [1.54, 1.807) is 6.20 Å². The topological polar surface area (TPSA) is 54.5 Å². The molecule has 1 N–H and O–H groups in total. The standard InChI is InChI=1S/C10H11BrN4S/c1-16-10-12-5-3-8(14-10)9-7(2-4-11)6-13-15-9/h3,5-6H,2,4H2,1H3,(H,13,15). The second-order valence-corrected chi connectivity index (χ2v) is 4.69. The summed E-state index contributed by atoms with van der Waals surface area (Å²) in [5.74, 6) is 0. The van der Waals surface area contributed by atoms with Crippen molar-refractivity contribution in [3.05, 3.63) is 24.0 Å². The van der Waals surface area contributed by atoms with Crippen LogP contribution in [0.4, 0.5) is 0 Å². The Kier molecular flexibility index (Phi) is 3.95. The molecule has 0 aliphatic heterocycles. The van der Waals surface area contributed by atoms with Crippen LogP contribution in [0.5, 0.6) is 0 Å². The van der Waals surface area contributed by atoms with Gasteiger partial charge in [-0.25, -0.2) is 9.97 Å². The summed E-state index contributed by atoms with van der Waals surface area (Å²) < 4.78 is 0. The van der Waals surface area contributed by atoms with Crippen LogP contribution in [-0.2, 0) is 6.42 Å². The van der Waals surface area contributed by atoms with Gasteiger partial charge in [-0.05, 0) is 18.7 Å². The first kappa shape index (κ1) is 11.6. The Labute approximate surface area is 106 Å². The van der Waals surface area contributed by atoms with E-state index in [0.717, 1.165) is 28.3 Å². The van der Waals surface area contributed by atoms with E-state index in [4.69, 9.17) is 0 Å². The summed E-state index contributed by atoms with van der Waals surface area (Å²) in [6.45, 7) is 0. The third-order valence-electron chi connectivity index (χ3n) is 2.14. The quantitative estimate of drug-likeness (QED) is 0.535. The van der Waals surface area contributed by atoms with E-state index in [2.05, 4.69) is 36.1 Å². The van der Waals surface area contributed by atoms with Crippen LogP contribution in [0.15, 0.2) is 23.6 Å². The van der Waals surface area contributed by atoms with Gasteiger partial charge in [-0.3, -0.25) is 5.10 Å². The van der Waals surface area contributed by atoms with E-state index >= 15 is 0 Å². The first-order valence-corrected chi connectivity index (χ1v) is 7.15. The van der Waals surface area contributed by atoms with Gasteiger partial charge in [0.05, 0.1) is 5.69 Å². The minimum absolute atomic E-state index is 0.769. The maximum atomic E-state index is 4.43. The fourth-order valence-electron chi connectivity index (χ4n) is 1.40. The molecule has 0 aliphatic carbocycles. The molecule has 2 heterocycles. The molecule has 16 heavy (non-hydrogen) atoms. The van der Waals surface area contributed by atoms with Crippen LogP contribution in [0.1, 0.15) is 5.56 Å². The molecule has 0 spiro atoms. The highest BCUT2D eigenvalue weighted by Crippen LogP contribution is 2.21. The van der Waals surface area contributed by atoms with Gasteiger partial charge in [0.1, 0.15) is 5.69 Å². The second-order valence-electron chi connectivity index (χ2n) is 3.13. The van der Waals surface area contributed by atoms with Crippen molar-refractivity contribution < 1.29 is 0 Å². The molecule has 84 valence electrons. The molecule has 0 saturated heterocycles. The zero-order chi connectivity index (χ0) is 11.4. The van der Waals surface area contributed by atoms with E-state index in [9.17, 15) is 0 Å². The Morgan fingerprint density at radius 3 is 3.12 bits per heavy atom. The van der Waals surface area contributed by atoms with Crippen LogP contribution in [0, 0.1) is 0 Å². The van der Waals surface area contributed by atoms with E-state index in [0.29, 0.717) is 0 Å². The molecule has 0 fully saturated rings. The van der Waals surface area contributed by atoms with Crippen molar-refractivity contribution in [3.63, 3.8) is 0 Å². The maximum Gasteiger partial charge on any atom is 0.187 e. The lowest BCUT2D eigenvalue weighted by molar-refractivity contribution is 0.964. The van der Waals surface area contributed by atoms with Crippen LogP contribution in [0.2, 0.25) is 0 Å². The van der Waals surface area contributed by atoms with Gasteiger partial charge in [0.15, 0.2) is 5.16 Å². The van der Waals surface area contributed by atoms with Gasteiger partial charge in [0, 0.05) is 23.3 Å². The molecular formula is C10H11BrN4S. The van der Waals surface area contributed by atoms with Crippen molar-refractivity contribution in [1.82, 2.24) is 20.2 Å². The molecule has 0 unspecified atom stereocenters. The van der Waals surface area contributed by atoms with Crippen molar-refractivity contribution in [1.29, 1.82) is 0 Å². The van der Waals surface area contributed by atoms with Crippen molar-refractivity contribution in [2.45, 2.75) is 11.6 Å². The minimum atomic E-state index is 0.769. The van der Waals surface area contributed by atoms with Crippen molar-refractivity contribution >= 4 is 27.7 Å². The highest BCUT2D eigenvalue weighted by molar-refractivity contribution is 9.09. The Balaban J connectivity index is 2.37. The molecule has 0 saturated carbocycles. The lowest BCUT2D eigenvalue weighted by Gasteiger charge is -2.01. The van der Waals surface area contributed by atoms with Gasteiger partial charge < -0.3 is 0 Å². The van der Waals surface area contributed by atoms with Gasteiger partial charge in [-0.2, -0.15) is 5.10 Å². The van der Waals surface area contributed by atoms with Crippen LogP contribution < -0.4 is 0 Å². The Bertz CT molecular complexity index is 471. The summed E-state index contributed by atoms with van der Waals surface area (Å²) in [4.78, 5) is 8.58. The predicted molar refractivity (Wildman–Crippen MR) is 68.9 cm³/mol. The number of alkyl halides is 1. The molecule has 2 aromatic heterocycles. The summed E-state index contributed by atoms with van der Waals surface area (Å²) in [7, 11) is 0. The molecular weight excluding hydrogens is 288 g/mol. The summed E-state index contributed by atoms with van der Waals surface area (Å²) >= 11 is 4.96. The van der Waals surface area contributed by atoms with Crippen LogP contribution in [0.3, 0.4) is 0 Å². The molecule has 0 aromatic carbocycles. The molecule has 2 aromatic rings. The van der Waals surface area contributed by atoms with Crippen LogP contribution in [-0.4, -0.2) is 31.8 Å². The number of H-pyrrole nitrogens is 1. The molecule has 4 nitrogen and oxygen atoms in total. The minimum Gasteiger partial charge on any atom is -0.285 e. The molecule has 0 bridgehead atoms. The highest BCUT2D eigenvalue weighted by atomic mass is 79.9. The second kappa shape index (κ2) is 5.45. The number of nitrogens with zero attached hydrogens (tertiary/aromatic N) is 3. The molecule has 0 radical (unpaired) electrons. The molecule has 6 heteroatoms. The summed E-state index contributed by atoms with van der Waals surface area (Å²) in [6.07, 6.45) is 6.58. The number of rotatable bonds is 4. The number of hydrogen-bond acceptors (Lipinski definition) is 4. The average Bonchev–Trinajstić information content (AvgIpc) is 2.78. The summed E-state index contributed by atoms with van der Waals surface area (Å²) in [5.41, 5.74) is 2.95. The SMILES string of the molecule is CSc1nccc(-c2n[nH]cc2CCBr)n1. The van der Waals surface area contributed by atoms with Gasteiger partial charge in [-0.15, -0.1) is 0 Å². The first-order chi connectivity index (χ1) is 7.85. The Morgan fingerprint density at radius 1 is 1.50 bits per heavy atom. The number of aromatic nitrogens is 4. The van der Waals surface area contributed by atoms with Crippen molar-refractivity contribution in [2.24, 2.45) is 0 Å². The number of aryl methyl sites for hydroxylation is 1. The van der Waals surface area contributed by atoms with Gasteiger partial charge in [-0.1, -0.05) is 27.7 Å². The average molecular weight is 299 g/mol. The lowest BCUT2D eigenvalue weighted by Crippen LogP contribution is -1.93. The van der Waals surface area contributed by atoms with E-state index < -0.39 is 0 Å². The summed E-state index contributed by atoms with van der Waals surface area (Å²) in [5, 5.41) is 8.80. The molecule has 0 atom stereocenters. The van der Waals surface area contributed by atoms with Gasteiger partial charge in [0.25, 0.3) is 0 Å². The molecule has 0 aliphatic rings. The van der Waals surface area contributed by atoms with E-state index in [-0.39, 0.29) is 0 Å². The number of aromatic amines is 1. The first-order valence-electron chi connectivity index (χ1n) is 4.81. The zero-order valence-corrected chi connectivity index (χ0v) is 11.2. The Morgan fingerprint density at radius 2 is 2.38 bits per heavy atom. The van der Waals surface area contributed by atoms with Crippen molar-refractivity contribution in [3.8, 4) is 11.4 Å². The van der Waals surface area contributed by atoms with Crippen LogP contribution in [0.25, 0.3) is 11.4 Å². The molecule has 0 amide bonds. The van der Waals surface area contributed by atoms with E-state index in [1.165, 1.54) is 17.3 Å². The van der Waals surface area contributed by atoms with E-state index in [1.807, 2.05) is 18.5 Å². The Hall–Kier alpha value is -0.880. The van der Waals surface area contributed by atoms with Crippen LogP contribution >= 0.6 is 27.7 Å². The van der Waals surface area contributed by atoms with Gasteiger partial charge >= 0.3 is 0 Å². The fourth-order valence-corrected chi connectivity index (χ4v) is 2.18. The third-order valence-corrected chi connectivity index (χ3v) is 3.10. The normalized spacial score (nSPS) is 10.6. The highest BCUT2D eigenvalue weighted by Gasteiger charge is 2.09.